The normalized spacial score (nSPS) is 11.2. The van der Waals surface area contributed by atoms with E-state index in [1.807, 2.05) is 24.5 Å². The number of aliphatic hydroxyl groups excluding tert-OH is 1. The molecule has 0 fully saturated rings. The highest BCUT2D eigenvalue weighted by Crippen LogP contribution is 2.23. The lowest BCUT2D eigenvalue weighted by molar-refractivity contribution is 0.184. The van der Waals surface area contributed by atoms with Gasteiger partial charge in [0.05, 0.1) is 13.2 Å². The van der Waals surface area contributed by atoms with Crippen LogP contribution in [-0.4, -0.2) is 34.7 Å². The van der Waals surface area contributed by atoms with Crippen LogP contribution >= 0.6 is 0 Å². The van der Waals surface area contributed by atoms with Crippen LogP contribution in [0.5, 0.6) is 5.75 Å². The summed E-state index contributed by atoms with van der Waals surface area (Å²) in [6.45, 7) is 3.12. The molecule has 4 heteroatoms. The van der Waals surface area contributed by atoms with Gasteiger partial charge in [-0.25, -0.2) is 0 Å². The topological polar surface area (TPSA) is 45.6 Å². The van der Waals surface area contributed by atoms with Crippen molar-refractivity contribution in [3.05, 3.63) is 108 Å². The summed E-state index contributed by atoms with van der Waals surface area (Å²) in [5, 5.41) is 11.9. The predicted molar refractivity (Wildman–Crippen MR) is 139 cm³/mol. The minimum Gasteiger partial charge on any atom is -0.494 e. The second kappa shape index (κ2) is 12.9. The summed E-state index contributed by atoms with van der Waals surface area (Å²) in [5.41, 5.74) is 3.85. The maximum Gasteiger partial charge on any atom is 0.119 e. The van der Waals surface area contributed by atoms with Gasteiger partial charge < -0.3 is 9.84 Å². The van der Waals surface area contributed by atoms with Crippen molar-refractivity contribution in [2.45, 2.75) is 38.8 Å². The first-order valence-corrected chi connectivity index (χ1v) is 12.2. The summed E-state index contributed by atoms with van der Waals surface area (Å²) in [6, 6.07) is 27.6. The van der Waals surface area contributed by atoms with Crippen molar-refractivity contribution in [2.75, 3.05) is 19.8 Å². The van der Waals surface area contributed by atoms with Crippen LogP contribution in [0.1, 0.15) is 36.0 Å². The number of aromatic nitrogens is 1. The predicted octanol–water partition coefficient (Wildman–Crippen LogP) is 6.02. The number of aliphatic hydroxyl groups is 1. The Morgan fingerprint density at radius 2 is 1.47 bits per heavy atom. The van der Waals surface area contributed by atoms with E-state index in [4.69, 9.17) is 4.74 Å². The zero-order chi connectivity index (χ0) is 23.4. The Balaban J connectivity index is 1.27. The van der Waals surface area contributed by atoms with Crippen molar-refractivity contribution in [3.63, 3.8) is 0 Å². The molecule has 0 spiro atoms. The number of aryl methyl sites for hydroxylation is 1. The van der Waals surface area contributed by atoms with Crippen LogP contribution in [-0.2, 0) is 19.5 Å². The van der Waals surface area contributed by atoms with E-state index in [-0.39, 0.29) is 6.61 Å². The van der Waals surface area contributed by atoms with E-state index in [9.17, 15) is 5.11 Å². The van der Waals surface area contributed by atoms with Gasteiger partial charge in [-0.2, -0.15) is 0 Å². The highest BCUT2D eigenvalue weighted by Gasteiger charge is 2.08. The Bertz CT molecular complexity index is 1130. The van der Waals surface area contributed by atoms with Gasteiger partial charge in [-0.15, -0.1) is 0 Å². The third-order valence-corrected chi connectivity index (χ3v) is 6.08. The van der Waals surface area contributed by atoms with Crippen LogP contribution in [0, 0.1) is 0 Å². The molecule has 0 saturated carbocycles. The summed E-state index contributed by atoms with van der Waals surface area (Å²) in [6.07, 6.45) is 8.21. The number of pyridine rings is 1. The first-order valence-electron chi connectivity index (χ1n) is 12.2. The highest BCUT2D eigenvalue weighted by molar-refractivity contribution is 5.84. The zero-order valence-corrected chi connectivity index (χ0v) is 19.8. The van der Waals surface area contributed by atoms with Crippen LogP contribution in [0.3, 0.4) is 0 Å². The van der Waals surface area contributed by atoms with Crippen molar-refractivity contribution in [1.82, 2.24) is 9.88 Å². The Morgan fingerprint density at radius 1 is 0.706 bits per heavy atom. The average Bonchev–Trinajstić information content (AvgIpc) is 2.87. The summed E-state index contributed by atoms with van der Waals surface area (Å²) >= 11 is 0. The summed E-state index contributed by atoms with van der Waals surface area (Å²) < 4.78 is 6.02. The van der Waals surface area contributed by atoms with Crippen LogP contribution in [0.4, 0.5) is 0 Å². The fourth-order valence-corrected chi connectivity index (χ4v) is 4.26. The lowest BCUT2D eigenvalue weighted by Gasteiger charge is -2.21. The molecule has 0 atom stereocenters. The number of rotatable bonds is 13. The molecule has 0 bridgehead atoms. The van der Waals surface area contributed by atoms with Gasteiger partial charge in [0.1, 0.15) is 5.75 Å². The van der Waals surface area contributed by atoms with Gasteiger partial charge >= 0.3 is 0 Å². The second-order valence-corrected chi connectivity index (χ2v) is 8.78. The van der Waals surface area contributed by atoms with Crippen molar-refractivity contribution in [2.24, 2.45) is 0 Å². The lowest BCUT2D eigenvalue weighted by Crippen LogP contribution is -2.26. The molecule has 0 radical (unpaired) electrons. The van der Waals surface area contributed by atoms with E-state index in [2.05, 4.69) is 76.6 Å². The average molecular weight is 455 g/mol. The Labute approximate surface area is 202 Å². The molecule has 0 saturated heterocycles. The third kappa shape index (κ3) is 7.41. The molecule has 4 aromatic rings. The molecule has 0 aliphatic rings. The molecule has 0 aliphatic carbocycles. The van der Waals surface area contributed by atoms with Gasteiger partial charge in [0.2, 0.25) is 0 Å². The zero-order valence-electron chi connectivity index (χ0n) is 19.8. The number of ether oxygens (including phenoxy) is 1. The first-order chi connectivity index (χ1) is 16.8. The molecule has 34 heavy (non-hydrogen) atoms. The van der Waals surface area contributed by atoms with Gasteiger partial charge in [0, 0.05) is 32.0 Å². The molecule has 1 aromatic heterocycles. The van der Waals surface area contributed by atoms with Gasteiger partial charge in [-0.05, 0) is 83.5 Å². The molecule has 1 heterocycles. The van der Waals surface area contributed by atoms with Crippen LogP contribution in [0.25, 0.3) is 10.8 Å². The lowest BCUT2D eigenvalue weighted by atomic mass is 10.1. The minimum absolute atomic E-state index is 0.144. The molecule has 4 rings (SSSR count). The van der Waals surface area contributed by atoms with E-state index >= 15 is 0 Å². The summed E-state index contributed by atoms with van der Waals surface area (Å²) in [4.78, 5) is 6.34. The largest absolute Gasteiger partial charge is 0.494 e. The van der Waals surface area contributed by atoms with Crippen molar-refractivity contribution in [3.8, 4) is 5.75 Å². The molecule has 176 valence electrons. The van der Waals surface area contributed by atoms with E-state index in [0.717, 1.165) is 38.3 Å². The molecular formula is C30H34N2O2. The van der Waals surface area contributed by atoms with Gasteiger partial charge in [-0.1, -0.05) is 48.5 Å². The van der Waals surface area contributed by atoms with E-state index in [1.165, 1.54) is 40.3 Å². The van der Waals surface area contributed by atoms with Gasteiger partial charge in [0.25, 0.3) is 0 Å². The van der Waals surface area contributed by atoms with Gasteiger partial charge in [-0.3, -0.25) is 9.88 Å². The Hall–Kier alpha value is -3.21. The van der Waals surface area contributed by atoms with Crippen LogP contribution < -0.4 is 4.74 Å². The first kappa shape index (κ1) is 23.9. The second-order valence-electron chi connectivity index (χ2n) is 8.78. The fraction of sp³-hybridized carbons (Fsp3) is 0.300. The number of nitrogens with zero attached hydrogens (tertiary/aromatic N) is 2. The monoisotopic (exact) mass is 454 g/mol. The quantitative estimate of drug-likeness (QED) is 0.251. The molecule has 0 unspecified atom stereocenters. The molecular weight excluding hydrogens is 420 g/mol. The molecule has 4 nitrogen and oxygen atoms in total. The SMILES string of the molecule is OCCN(Cc1ccncc1)Cc1ccc2cc(OCCCCCc3ccccc3)ccc2c1. The number of benzene rings is 3. The molecule has 1 N–H and O–H groups in total. The maximum atomic E-state index is 9.50. The number of unbranched alkanes of at least 4 members (excludes halogenated alkanes) is 2. The van der Waals surface area contributed by atoms with E-state index in [0.29, 0.717) is 6.54 Å². The van der Waals surface area contributed by atoms with Crippen molar-refractivity contribution >= 4 is 10.8 Å². The maximum absolute atomic E-state index is 9.50. The number of fused-ring (bicyclic) bond motifs is 1. The van der Waals surface area contributed by atoms with Crippen LogP contribution in [0.2, 0.25) is 0 Å². The third-order valence-electron chi connectivity index (χ3n) is 6.08. The van der Waals surface area contributed by atoms with Gasteiger partial charge in [0.15, 0.2) is 0 Å². The van der Waals surface area contributed by atoms with E-state index in [1.54, 1.807) is 0 Å². The smallest absolute Gasteiger partial charge is 0.119 e. The van der Waals surface area contributed by atoms with E-state index < -0.39 is 0 Å². The molecule has 3 aromatic carbocycles. The Morgan fingerprint density at radius 3 is 2.29 bits per heavy atom. The molecule has 0 amide bonds. The van der Waals surface area contributed by atoms with Crippen LogP contribution in [0.15, 0.2) is 91.3 Å². The number of hydrogen-bond acceptors (Lipinski definition) is 4. The molecule has 0 aliphatic heterocycles. The van der Waals surface area contributed by atoms with Crippen molar-refractivity contribution < 1.29 is 9.84 Å². The fourth-order valence-electron chi connectivity index (χ4n) is 4.26. The number of hydrogen-bond donors (Lipinski definition) is 1. The highest BCUT2D eigenvalue weighted by atomic mass is 16.5. The summed E-state index contributed by atoms with van der Waals surface area (Å²) in [5.74, 6) is 0.933. The minimum atomic E-state index is 0.144. The standard InChI is InChI=1S/C30H34N2O2/c33-19-18-32(23-26-14-16-31-17-15-26)24-27-10-11-29-22-30(13-12-28(29)21-27)34-20-6-2-5-9-25-7-3-1-4-8-25/h1,3-4,7-8,10-17,21-22,33H,2,5-6,9,18-20,23-24H2. The summed E-state index contributed by atoms with van der Waals surface area (Å²) in [7, 11) is 0. The Kier molecular flexibility index (Phi) is 9.06. The van der Waals surface area contributed by atoms with Crippen molar-refractivity contribution in [1.29, 1.82) is 0 Å².